The van der Waals surface area contributed by atoms with E-state index in [0.717, 1.165) is 25.2 Å². The SMILES string of the molecule is CCCn1ccnc1C(O)CCCOC. The van der Waals surface area contributed by atoms with E-state index >= 15 is 0 Å². The fourth-order valence-electron chi connectivity index (χ4n) is 1.60. The number of aryl methyl sites for hydroxylation is 1. The Balaban J connectivity index is 2.48. The molecule has 0 aliphatic carbocycles. The number of ether oxygens (including phenoxy) is 1. The number of hydrogen-bond acceptors (Lipinski definition) is 3. The van der Waals surface area contributed by atoms with Gasteiger partial charge in [-0.2, -0.15) is 0 Å². The summed E-state index contributed by atoms with van der Waals surface area (Å²) in [4.78, 5) is 4.19. The van der Waals surface area contributed by atoms with Crippen molar-refractivity contribution in [3.8, 4) is 0 Å². The molecule has 4 nitrogen and oxygen atoms in total. The lowest BCUT2D eigenvalue weighted by atomic mass is 10.2. The van der Waals surface area contributed by atoms with Gasteiger partial charge >= 0.3 is 0 Å². The van der Waals surface area contributed by atoms with Crippen LogP contribution in [0.1, 0.15) is 38.1 Å². The molecule has 4 heteroatoms. The van der Waals surface area contributed by atoms with Crippen LogP contribution >= 0.6 is 0 Å². The lowest BCUT2D eigenvalue weighted by Gasteiger charge is -2.12. The van der Waals surface area contributed by atoms with Crippen LogP contribution in [0.3, 0.4) is 0 Å². The van der Waals surface area contributed by atoms with Gasteiger partial charge in [-0.25, -0.2) is 4.98 Å². The largest absolute Gasteiger partial charge is 0.385 e. The zero-order chi connectivity index (χ0) is 11.1. The van der Waals surface area contributed by atoms with Gasteiger partial charge in [-0.15, -0.1) is 0 Å². The maximum atomic E-state index is 9.90. The summed E-state index contributed by atoms with van der Waals surface area (Å²) in [5.41, 5.74) is 0. The van der Waals surface area contributed by atoms with E-state index < -0.39 is 6.10 Å². The molecule has 86 valence electrons. The number of rotatable bonds is 7. The van der Waals surface area contributed by atoms with Crippen LogP contribution in [-0.2, 0) is 11.3 Å². The smallest absolute Gasteiger partial charge is 0.137 e. The Hall–Kier alpha value is -0.870. The lowest BCUT2D eigenvalue weighted by Crippen LogP contribution is -2.09. The van der Waals surface area contributed by atoms with Gasteiger partial charge in [0.2, 0.25) is 0 Å². The number of nitrogens with zero attached hydrogens (tertiary/aromatic N) is 2. The number of methoxy groups -OCH3 is 1. The number of hydrogen-bond donors (Lipinski definition) is 1. The third-order valence-corrected chi connectivity index (χ3v) is 2.34. The standard InChI is InChI=1S/C11H20N2O2/c1-3-7-13-8-6-12-11(13)10(14)5-4-9-15-2/h6,8,10,14H,3-5,7,9H2,1-2H3. The molecule has 0 radical (unpaired) electrons. The fraction of sp³-hybridized carbons (Fsp3) is 0.727. The molecule has 1 rings (SSSR count). The molecular weight excluding hydrogens is 192 g/mol. The zero-order valence-corrected chi connectivity index (χ0v) is 9.52. The summed E-state index contributed by atoms with van der Waals surface area (Å²) < 4.78 is 6.96. The van der Waals surface area contributed by atoms with Crippen LogP contribution in [-0.4, -0.2) is 28.4 Å². The average Bonchev–Trinajstić information content (AvgIpc) is 2.67. The normalized spacial score (nSPS) is 13.0. The van der Waals surface area contributed by atoms with Crippen LogP contribution in [0.4, 0.5) is 0 Å². The van der Waals surface area contributed by atoms with Crippen LogP contribution in [0, 0.1) is 0 Å². The fourth-order valence-corrected chi connectivity index (χ4v) is 1.60. The first-order valence-electron chi connectivity index (χ1n) is 5.47. The second kappa shape index (κ2) is 6.58. The van der Waals surface area contributed by atoms with E-state index in [4.69, 9.17) is 4.74 Å². The summed E-state index contributed by atoms with van der Waals surface area (Å²) in [6, 6.07) is 0. The number of imidazole rings is 1. The highest BCUT2D eigenvalue weighted by Gasteiger charge is 2.12. The molecule has 15 heavy (non-hydrogen) atoms. The molecule has 1 atom stereocenters. The highest BCUT2D eigenvalue weighted by molar-refractivity contribution is 4.96. The molecule has 0 spiro atoms. The Bertz CT molecular complexity index is 273. The van der Waals surface area contributed by atoms with Crippen LogP contribution in [0.25, 0.3) is 0 Å². The van der Waals surface area contributed by atoms with Crippen LogP contribution in [0.2, 0.25) is 0 Å². The highest BCUT2D eigenvalue weighted by atomic mass is 16.5. The monoisotopic (exact) mass is 212 g/mol. The van der Waals surface area contributed by atoms with Crippen molar-refractivity contribution < 1.29 is 9.84 Å². The Kier molecular flexibility index (Phi) is 5.36. The first-order valence-corrected chi connectivity index (χ1v) is 5.47. The molecule has 1 heterocycles. The van der Waals surface area contributed by atoms with Crippen LogP contribution < -0.4 is 0 Å². The Labute approximate surface area is 90.9 Å². The highest BCUT2D eigenvalue weighted by Crippen LogP contribution is 2.16. The van der Waals surface area contributed by atoms with Crippen LogP contribution in [0.15, 0.2) is 12.4 Å². The van der Waals surface area contributed by atoms with Crippen molar-refractivity contribution >= 4 is 0 Å². The number of aliphatic hydroxyl groups is 1. The van der Waals surface area contributed by atoms with Crippen molar-refractivity contribution in [2.45, 2.75) is 38.8 Å². The third kappa shape index (κ3) is 3.64. The number of aliphatic hydroxyl groups excluding tert-OH is 1. The summed E-state index contributed by atoms with van der Waals surface area (Å²) in [6.45, 7) is 3.71. The molecule has 0 fully saturated rings. The summed E-state index contributed by atoms with van der Waals surface area (Å²) in [7, 11) is 1.67. The molecule has 1 aromatic rings. The molecule has 0 saturated heterocycles. The van der Waals surface area contributed by atoms with Crippen molar-refractivity contribution in [1.82, 2.24) is 9.55 Å². The van der Waals surface area contributed by atoms with Gasteiger partial charge < -0.3 is 14.4 Å². The van der Waals surface area contributed by atoms with Gasteiger partial charge in [-0.3, -0.25) is 0 Å². The zero-order valence-electron chi connectivity index (χ0n) is 9.52. The molecule has 0 saturated carbocycles. The third-order valence-electron chi connectivity index (χ3n) is 2.34. The van der Waals surface area contributed by atoms with Gasteiger partial charge in [0.1, 0.15) is 11.9 Å². The van der Waals surface area contributed by atoms with E-state index in [-0.39, 0.29) is 0 Å². The maximum absolute atomic E-state index is 9.90. The summed E-state index contributed by atoms with van der Waals surface area (Å²) in [5, 5.41) is 9.90. The Morgan fingerprint density at radius 1 is 1.60 bits per heavy atom. The van der Waals surface area contributed by atoms with Gasteiger partial charge in [0.05, 0.1) is 0 Å². The lowest BCUT2D eigenvalue weighted by molar-refractivity contribution is 0.127. The first kappa shape index (κ1) is 12.2. The van der Waals surface area contributed by atoms with Crippen molar-refractivity contribution in [3.05, 3.63) is 18.2 Å². The van der Waals surface area contributed by atoms with E-state index in [1.165, 1.54) is 0 Å². The molecule has 0 bridgehead atoms. The van der Waals surface area contributed by atoms with Crippen LogP contribution in [0.5, 0.6) is 0 Å². The quantitative estimate of drug-likeness (QED) is 0.700. The predicted molar refractivity (Wildman–Crippen MR) is 58.6 cm³/mol. The van der Waals surface area contributed by atoms with Gasteiger partial charge in [-0.05, 0) is 19.3 Å². The average molecular weight is 212 g/mol. The first-order chi connectivity index (χ1) is 7.29. The molecular formula is C11H20N2O2. The molecule has 0 aliphatic heterocycles. The summed E-state index contributed by atoms with van der Waals surface area (Å²) in [6.07, 6.45) is 5.80. The summed E-state index contributed by atoms with van der Waals surface area (Å²) in [5.74, 6) is 0.771. The van der Waals surface area contributed by atoms with E-state index in [9.17, 15) is 5.11 Å². The minimum absolute atomic E-state index is 0.471. The minimum Gasteiger partial charge on any atom is -0.385 e. The summed E-state index contributed by atoms with van der Waals surface area (Å²) >= 11 is 0. The van der Waals surface area contributed by atoms with Gasteiger partial charge in [0.15, 0.2) is 0 Å². The van der Waals surface area contributed by atoms with Crippen molar-refractivity contribution in [3.63, 3.8) is 0 Å². The minimum atomic E-state index is -0.471. The van der Waals surface area contributed by atoms with E-state index in [2.05, 4.69) is 11.9 Å². The van der Waals surface area contributed by atoms with Gasteiger partial charge in [0.25, 0.3) is 0 Å². The Morgan fingerprint density at radius 2 is 2.40 bits per heavy atom. The van der Waals surface area contributed by atoms with E-state index in [1.807, 2.05) is 10.8 Å². The van der Waals surface area contributed by atoms with Gasteiger partial charge in [0, 0.05) is 32.7 Å². The van der Waals surface area contributed by atoms with Crippen molar-refractivity contribution in [2.24, 2.45) is 0 Å². The topological polar surface area (TPSA) is 47.3 Å². The molecule has 0 aliphatic rings. The van der Waals surface area contributed by atoms with Gasteiger partial charge in [-0.1, -0.05) is 6.92 Å². The maximum Gasteiger partial charge on any atom is 0.137 e. The molecule has 0 amide bonds. The van der Waals surface area contributed by atoms with E-state index in [0.29, 0.717) is 13.0 Å². The number of aromatic nitrogens is 2. The molecule has 1 N–H and O–H groups in total. The van der Waals surface area contributed by atoms with Crippen molar-refractivity contribution in [1.29, 1.82) is 0 Å². The predicted octanol–water partition coefficient (Wildman–Crippen LogP) is 1.75. The second-order valence-electron chi connectivity index (χ2n) is 3.63. The molecule has 1 unspecified atom stereocenters. The van der Waals surface area contributed by atoms with E-state index in [1.54, 1.807) is 13.3 Å². The van der Waals surface area contributed by atoms with Crippen molar-refractivity contribution in [2.75, 3.05) is 13.7 Å². The Morgan fingerprint density at radius 3 is 3.07 bits per heavy atom. The molecule has 0 aromatic carbocycles. The second-order valence-corrected chi connectivity index (χ2v) is 3.63. The molecule has 1 aromatic heterocycles.